The Morgan fingerprint density at radius 2 is 2.07 bits per heavy atom. The number of carbonyl (C=O) groups is 1. The zero-order chi connectivity index (χ0) is 11.4. The van der Waals surface area contributed by atoms with Crippen molar-refractivity contribution in [1.29, 1.82) is 0 Å². The van der Waals surface area contributed by atoms with Gasteiger partial charge in [0.2, 0.25) is 5.91 Å². The molecular formula is C9H15NO3S. The number of sulfone groups is 1. The van der Waals surface area contributed by atoms with Crippen LogP contribution in [-0.4, -0.2) is 31.9 Å². The third kappa shape index (κ3) is 3.79. The van der Waals surface area contributed by atoms with E-state index in [0.29, 0.717) is 6.42 Å². The second kappa shape index (κ2) is 5.01. The molecule has 0 aromatic heterocycles. The Balaban J connectivity index is 4.45. The molecule has 0 aromatic carbocycles. The number of carbonyl (C=O) groups excluding carboxylic acids is 1. The number of rotatable bonds is 4. The Labute approximate surface area is 85.0 Å². The molecule has 80 valence electrons. The SMILES string of the molecule is C#CC(CC)NC(=O)C(C)S(C)(=O)=O. The molecule has 1 amide bonds. The van der Waals surface area contributed by atoms with Gasteiger partial charge in [0.1, 0.15) is 5.25 Å². The normalized spacial score (nSPS) is 15.3. The Morgan fingerprint density at radius 3 is 2.36 bits per heavy atom. The molecule has 0 bridgehead atoms. The Kier molecular flexibility index (Phi) is 4.64. The number of amides is 1. The maximum Gasteiger partial charge on any atom is 0.239 e. The quantitative estimate of drug-likeness (QED) is 0.671. The van der Waals surface area contributed by atoms with E-state index < -0.39 is 27.0 Å². The van der Waals surface area contributed by atoms with Gasteiger partial charge in [-0.25, -0.2) is 8.42 Å². The van der Waals surface area contributed by atoms with E-state index >= 15 is 0 Å². The molecule has 0 fully saturated rings. The van der Waals surface area contributed by atoms with Gasteiger partial charge < -0.3 is 5.32 Å². The predicted molar refractivity (Wildman–Crippen MR) is 55.4 cm³/mol. The Morgan fingerprint density at radius 1 is 1.57 bits per heavy atom. The summed E-state index contributed by atoms with van der Waals surface area (Å²) >= 11 is 0. The van der Waals surface area contributed by atoms with Gasteiger partial charge in [0.05, 0.1) is 6.04 Å². The summed E-state index contributed by atoms with van der Waals surface area (Å²) in [5.41, 5.74) is 0. The zero-order valence-electron chi connectivity index (χ0n) is 8.57. The van der Waals surface area contributed by atoms with Crippen molar-refractivity contribution >= 4 is 15.7 Å². The first kappa shape index (κ1) is 13.0. The molecule has 0 heterocycles. The van der Waals surface area contributed by atoms with Crippen LogP contribution < -0.4 is 5.32 Å². The summed E-state index contributed by atoms with van der Waals surface area (Å²) < 4.78 is 22.0. The summed E-state index contributed by atoms with van der Waals surface area (Å²) in [6.45, 7) is 3.16. The van der Waals surface area contributed by atoms with E-state index in [-0.39, 0.29) is 0 Å². The molecule has 0 aliphatic heterocycles. The largest absolute Gasteiger partial charge is 0.341 e. The molecule has 0 aliphatic carbocycles. The molecule has 4 nitrogen and oxygen atoms in total. The van der Waals surface area contributed by atoms with Crippen LogP contribution in [0.15, 0.2) is 0 Å². The third-order valence-electron chi connectivity index (χ3n) is 1.94. The molecule has 0 rings (SSSR count). The lowest BCUT2D eigenvalue weighted by molar-refractivity contribution is -0.120. The zero-order valence-corrected chi connectivity index (χ0v) is 9.39. The molecule has 14 heavy (non-hydrogen) atoms. The van der Waals surface area contributed by atoms with Crippen LogP contribution >= 0.6 is 0 Å². The van der Waals surface area contributed by atoms with E-state index in [9.17, 15) is 13.2 Å². The third-order valence-corrected chi connectivity index (χ3v) is 3.44. The van der Waals surface area contributed by atoms with E-state index in [1.807, 2.05) is 6.92 Å². The molecule has 0 aliphatic rings. The molecule has 0 saturated heterocycles. The fourth-order valence-corrected chi connectivity index (χ4v) is 1.20. The van der Waals surface area contributed by atoms with Crippen molar-refractivity contribution in [2.45, 2.75) is 31.6 Å². The second-order valence-electron chi connectivity index (χ2n) is 3.11. The first-order chi connectivity index (χ1) is 6.32. The summed E-state index contributed by atoms with van der Waals surface area (Å²) in [7, 11) is -3.34. The fraction of sp³-hybridized carbons (Fsp3) is 0.667. The first-order valence-electron chi connectivity index (χ1n) is 4.28. The van der Waals surface area contributed by atoms with Crippen molar-refractivity contribution in [3.63, 3.8) is 0 Å². The highest BCUT2D eigenvalue weighted by atomic mass is 32.2. The molecule has 0 radical (unpaired) electrons. The molecule has 0 saturated carbocycles. The molecule has 1 N–H and O–H groups in total. The summed E-state index contributed by atoms with van der Waals surface area (Å²) in [5.74, 6) is 1.82. The summed E-state index contributed by atoms with van der Waals surface area (Å²) in [5, 5.41) is 1.42. The fourth-order valence-electron chi connectivity index (χ4n) is 0.745. The Bertz CT molecular complexity index is 340. The minimum Gasteiger partial charge on any atom is -0.341 e. The number of terminal acetylenes is 1. The van der Waals surface area contributed by atoms with E-state index in [0.717, 1.165) is 6.26 Å². The van der Waals surface area contributed by atoms with Crippen molar-refractivity contribution in [2.75, 3.05) is 6.26 Å². The van der Waals surface area contributed by atoms with E-state index in [1.54, 1.807) is 0 Å². The van der Waals surface area contributed by atoms with Crippen LogP contribution in [0.2, 0.25) is 0 Å². The molecular weight excluding hydrogens is 202 g/mol. The van der Waals surface area contributed by atoms with Crippen LogP contribution in [0.25, 0.3) is 0 Å². The van der Waals surface area contributed by atoms with Gasteiger partial charge in [0, 0.05) is 6.26 Å². The van der Waals surface area contributed by atoms with Crippen LogP contribution in [-0.2, 0) is 14.6 Å². The van der Waals surface area contributed by atoms with Gasteiger partial charge in [0.25, 0.3) is 0 Å². The highest BCUT2D eigenvalue weighted by Gasteiger charge is 2.24. The van der Waals surface area contributed by atoms with Crippen LogP contribution in [0.5, 0.6) is 0 Å². The molecule has 2 atom stereocenters. The van der Waals surface area contributed by atoms with Crippen molar-refractivity contribution in [1.82, 2.24) is 5.32 Å². The summed E-state index contributed by atoms with van der Waals surface area (Å²) in [6.07, 6.45) is 6.73. The van der Waals surface area contributed by atoms with Crippen molar-refractivity contribution in [2.24, 2.45) is 0 Å². The van der Waals surface area contributed by atoms with Crippen molar-refractivity contribution in [3.8, 4) is 12.3 Å². The second-order valence-corrected chi connectivity index (χ2v) is 5.47. The average molecular weight is 217 g/mol. The van der Waals surface area contributed by atoms with Crippen LogP contribution in [0.4, 0.5) is 0 Å². The topological polar surface area (TPSA) is 63.2 Å². The lowest BCUT2D eigenvalue weighted by Crippen LogP contribution is -2.42. The van der Waals surface area contributed by atoms with Crippen molar-refractivity contribution < 1.29 is 13.2 Å². The highest BCUT2D eigenvalue weighted by Crippen LogP contribution is 1.99. The maximum absolute atomic E-state index is 11.3. The molecule has 5 heteroatoms. The van der Waals surface area contributed by atoms with Crippen molar-refractivity contribution in [3.05, 3.63) is 0 Å². The smallest absolute Gasteiger partial charge is 0.239 e. The maximum atomic E-state index is 11.3. The number of hydrogen-bond donors (Lipinski definition) is 1. The standard InChI is InChI=1S/C9H15NO3S/c1-5-8(6-2)10-9(11)7(3)14(4,12)13/h1,7-8H,6H2,2-4H3,(H,10,11). The van der Waals surface area contributed by atoms with Gasteiger partial charge in [-0.05, 0) is 13.3 Å². The van der Waals surface area contributed by atoms with Crippen LogP contribution in [0, 0.1) is 12.3 Å². The van der Waals surface area contributed by atoms with Gasteiger partial charge in [-0.2, -0.15) is 0 Å². The Hall–Kier alpha value is -1.02. The number of nitrogens with one attached hydrogen (secondary N) is 1. The monoisotopic (exact) mass is 217 g/mol. The number of hydrogen-bond acceptors (Lipinski definition) is 3. The predicted octanol–water partition coefficient (Wildman–Crippen LogP) is -0.0525. The van der Waals surface area contributed by atoms with Gasteiger partial charge in [-0.15, -0.1) is 6.42 Å². The van der Waals surface area contributed by atoms with Gasteiger partial charge in [0.15, 0.2) is 9.84 Å². The summed E-state index contributed by atoms with van der Waals surface area (Å²) in [4.78, 5) is 11.3. The van der Waals surface area contributed by atoms with E-state index in [2.05, 4.69) is 11.2 Å². The van der Waals surface area contributed by atoms with Crippen LogP contribution in [0.3, 0.4) is 0 Å². The minimum absolute atomic E-state index is 0.397. The van der Waals surface area contributed by atoms with Gasteiger partial charge >= 0.3 is 0 Å². The molecule has 0 spiro atoms. The lowest BCUT2D eigenvalue weighted by atomic mass is 10.2. The lowest BCUT2D eigenvalue weighted by Gasteiger charge is -2.14. The van der Waals surface area contributed by atoms with Gasteiger partial charge in [-0.1, -0.05) is 12.8 Å². The molecule has 0 aromatic rings. The minimum atomic E-state index is -3.34. The summed E-state index contributed by atoms with van der Waals surface area (Å²) in [6, 6.07) is -0.397. The van der Waals surface area contributed by atoms with Crippen LogP contribution in [0.1, 0.15) is 20.3 Å². The van der Waals surface area contributed by atoms with E-state index in [1.165, 1.54) is 6.92 Å². The highest BCUT2D eigenvalue weighted by molar-refractivity contribution is 7.92. The first-order valence-corrected chi connectivity index (χ1v) is 6.23. The van der Waals surface area contributed by atoms with Gasteiger partial charge in [-0.3, -0.25) is 4.79 Å². The average Bonchev–Trinajstić information content (AvgIpc) is 2.11. The molecule has 2 unspecified atom stereocenters. The van der Waals surface area contributed by atoms with E-state index in [4.69, 9.17) is 6.42 Å².